The number of benzene rings is 1. The monoisotopic (exact) mass is 339 g/mol. The van der Waals surface area contributed by atoms with Crippen molar-refractivity contribution in [2.75, 3.05) is 5.73 Å². The van der Waals surface area contributed by atoms with Gasteiger partial charge >= 0.3 is 0 Å². The lowest BCUT2D eigenvalue weighted by molar-refractivity contribution is 0.650. The number of H-pyrrole nitrogens is 1. The highest BCUT2D eigenvalue weighted by molar-refractivity contribution is 5.90. The Labute approximate surface area is 153 Å². The Kier molecular flexibility index (Phi) is 3.01. The molecule has 2 aliphatic rings. The molecule has 0 fully saturated rings. The molecule has 3 aromatic rings. The zero-order chi connectivity index (χ0) is 17.9. The maximum Gasteiger partial charge on any atom is 0.100 e. The topological polar surface area (TPSA) is 46.7 Å². The van der Waals surface area contributed by atoms with Crippen LogP contribution in [-0.2, 0) is 18.4 Å². The van der Waals surface area contributed by atoms with E-state index in [4.69, 9.17) is 5.73 Å². The molecule has 0 spiro atoms. The maximum atomic E-state index is 5.95. The number of nitrogens with two attached hydrogens (primary N) is 1. The predicted molar refractivity (Wildman–Crippen MR) is 107 cm³/mol. The summed E-state index contributed by atoms with van der Waals surface area (Å²) in [6.45, 7) is 7.16. The number of fused-ring (bicyclic) bond motifs is 4. The van der Waals surface area contributed by atoms with Crippen LogP contribution in [-0.4, -0.2) is 9.55 Å². The fraction of sp³-hybridized carbons (Fsp3) is 0.174. The van der Waals surface area contributed by atoms with E-state index in [0.29, 0.717) is 5.82 Å². The summed E-state index contributed by atoms with van der Waals surface area (Å²) >= 11 is 0. The Bertz CT molecular complexity index is 1120. The highest BCUT2D eigenvalue weighted by Crippen LogP contribution is 2.54. The van der Waals surface area contributed by atoms with Gasteiger partial charge in [-0.3, -0.25) is 0 Å². The van der Waals surface area contributed by atoms with E-state index in [-0.39, 0.29) is 5.41 Å². The number of nitrogen functional groups attached to an aromatic ring is 1. The van der Waals surface area contributed by atoms with Crippen molar-refractivity contribution in [2.24, 2.45) is 0 Å². The van der Waals surface area contributed by atoms with Gasteiger partial charge in [0, 0.05) is 35.6 Å². The van der Waals surface area contributed by atoms with Crippen LogP contribution in [0.2, 0.25) is 0 Å². The summed E-state index contributed by atoms with van der Waals surface area (Å²) in [5, 5.41) is 0. The number of nitrogens with zero attached hydrogens (tertiary/aromatic N) is 1. The standard InChI is InChI=1S/C23H21N3/c1-3-20-19-7-5-4-6-16(19)12-17-14-26-15(2)8-10-21(26)23(17,20)13-18-9-11-22(24)25-18/h4-12,25H,1,13-14,24H2,2H3/t23-/m1/s1. The van der Waals surface area contributed by atoms with Gasteiger partial charge in [0.15, 0.2) is 0 Å². The van der Waals surface area contributed by atoms with Crippen molar-refractivity contribution in [3.63, 3.8) is 0 Å². The average molecular weight is 339 g/mol. The Hall–Kier alpha value is -3.16. The van der Waals surface area contributed by atoms with Crippen LogP contribution in [0.3, 0.4) is 0 Å². The first-order valence-electron chi connectivity index (χ1n) is 8.94. The first-order valence-corrected chi connectivity index (χ1v) is 8.94. The van der Waals surface area contributed by atoms with E-state index >= 15 is 0 Å². The number of hydrogen-bond donors (Lipinski definition) is 2. The van der Waals surface area contributed by atoms with E-state index in [1.807, 2.05) is 6.07 Å². The Balaban J connectivity index is 1.81. The second-order valence-electron chi connectivity index (χ2n) is 7.28. The minimum atomic E-state index is -0.248. The maximum absolute atomic E-state index is 5.95. The SMILES string of the molecule is C=C=C1c2ccccc2C=C2Cn3c(C)ccc3[C@@]12Cc1ccc(N)[nH]1. The van der Waals surface area contributed by atoms with Crippen LogP contribution in [0.25, 0.3) is 11.6 Å². The lowest BCUT2D eigenvalue weighted by atomic mass is 9.64. The molecule has 1 aliphatic heterocycles. The van der Waals surface area contributed by atoms with Gasteiger partial charge in [-0.15, -0.1) is 5.73 Å². The van der Waals surface area contributed by atoms with Gasteiger partial charge in [-0.25, -0.2) is 0 Å². The first-order chi connectivity index (χ1) is 12.6. The van der Waals surface area contributed by atoms with E-state index in [9.17, 15) is 0 Å². The molecule has 26 heavy (non-hydrogen) atoms. The molecule has 2 aromatic heterocycles. The molecule has 0 amide bonds. The van der Waals surface area contributed by atoms with Crippen molar-refractivity contribution in [3.8, 4) is 0 Å². The molecule has 3 N–H and O–H groups in total. The number of aryl methyl sites for hydroxylation is 1. The van der Waals surface area contributed by atoms with Crippen molar-refractivity contribution in [2.45, 2.75) is 25.3 Å². The summed E-state index contributed by atoms with van der Waals surface area (Å²) in [4.78, 5) is 3.32. The number of allylic oxidation sites excluding steroid dienone is 2. The lowest BCUT2D eigenvalue weighted by Gasteiger charge is -2.36. The van der Waals surface area contributed by atoms with Gasteiger partial charge in [0.2, 0.25) is 0 Å². The van der Waals surface area contributed by atoms with E-state index in [0.717, 1.165) is 24.2 Å². The summed E-state index contributed by atoms with van der Waals surface area (Å²) in [6.07, 6.45) is 3.18. The molecule has 1 aromatic carbocycles. The fourth-order valence-corrected chi connectivity index (χ4v) is 4.73. The molecule has 0 bridgehead atoms. The van der Waals surface area contributed by atoms with Gasteiger partial charge in [0.25, 0.3) is 0 Å². The summed E-state index contributed by atoms with van der Waals surface area (Å²) in [7, 11) is 0. The van der Waals surface area contributed by atoms with Gasteiger partial charge < -0.3 is 15.3 Å². The van der Waals surface area contributed by atoms with Crippen LogP contribution >= 0.6 is 0 Å². The summed E-state index contributed by atoms with van der Waals surface area (Å²) < 4.78 is 2.42. The Morgan fingerprint density at radius 1 is 1.19 bits per heavy atom. The van der Waals surface area contributed by atoms with Crippen LogP contribution in [0.1, 0.15) is 28.2 Å². The summed E-state index contributed by atoms with van der Waals surface area (Å²) in [5.74, 6) is 0.701. The van der Waals surface area contributed by atoms with Crippen LogP contribution in [0, 0.1) is 6.92 Å². The highest BCUT2D eigenvalue weighted by Gasteiger charge is 2.49. The molecule has 0 unspecified atom stereocenters. The lowest BCUT2D eigenvalue weighted by Crippen LogP contribution is -2.32. The average Bonchev–Trinajstić information content (AvgIpc) is 3.29. The fourth-order valence-electron chi connectivity index (χ4n) is 4.73. The van der Waals surface area contributed by atoms with Crippen molar-refractivity contribution in [1.82, 2.24) is 9.55 Å². The quantitative estimate of drug-likeness (QED) is 0.665. The molecule has 5 rings (SSSR count). The van der Waals surface area contributed by atoms with Crippen molar-refractivity contribution < 1.29 is 0 Å². The van der Waals surface area contributed by atoms with E-state index in [1.165, 1.54) is 28.1 Å². The molecule has 0 saturated carbocycles. The first kappa shape index (κ1) is 15.1. The largest absolute Gasteiger partial charge is 0.385 e. The number of anilines is 1. The van der Waals surface area contributed by atoms with Crippen molar-refractivity contribution >= 4 is 17.5 Å². The molecular weight excluding hydrogens is 318 g/mol. The number of aromatic amines is 1. The molecule has 3 heterocycles. The van der Waals surface area contributed by atoms with E-state index in [1.54, 1.807) is 0 Å². The third kappa shape index (κ3) is 1.84. The molecule has 3 nitrogen and oxygen atoms in total. The van der Waals surface area contributed by atoms with Crippen LogP contribution in [0.5, 0.6) is 0 Å². The normalized spacial score (nSPS) is 20.2. The number of rotatable bonds is 2. The molecule has 0 saturated heterocycles. The third-order valence-electron chi connectivity index (χ3n) is 5.90. The minimum Gasteiger partial charge on any atom is -0.385 e. The van der Waals surface area contributed by atoms with Crippen molar-refractivity contribution in [1.29, 1.82) is 0 Å². The van der Waals surface area contributed by atoms with E-state index < -0.39 is 0 Å². The molecule has 0 radical (unpaired) electrons. The van der Waals surface area contributed by atoms with Gasteiger partial charge in [-0.2, -0.15) is 0 Å². The number of nitrogens with one attached hydrogen (secondary N) is 1. The molecule has 3 heteroatoms. The predicted octanol–water partition coefficient (Wildman–Crippen LogP) is 4.47. The van der Waals surface area contributed by atoms with Crippen LogP contribution in [0.4, 0.5) is 5.82 Å². The molecule has 1 aliphatic carbocycles. The zero-order valence-electron chi connectivity index (χ0n) is 14.8. The second kappa shape index (κ2) is 5.17. The van der Waals surface area contributed by atoms with E-state index in [2.05, 4.69) is 77.3 Å². The summed E-state index contributed by atoms with van der Waals surface area (Å²) in [6, 6.07) is 17.0. The molecule has 128 valence electrons. The summed E-state index contributed by atoms with van der Waals surface area (Å²) in [5.41, 5.74) is 17.8. The number of hydrogen-bond acceptors (Lipinski definition) is 1. The zero-order valence-corrected chi connectivity index (χ0v) is 14.8. The number of aromatic nitrogens is 2. The van der Waals surface area contributed by atoms with Gasteiger partial charge in [-0.1, -0.05) is 36.9 Å². The van der Waals surface area contributed by atoms with Gasteiger partial charge in [0.1, 0.15) is 5.82 Å². The second-order valence-corrected chi connectivity index (χ2v) is 7.28. The van der Waals surface area contributed by atoms with Crippen LogP contribution in [0.15, 0.2) is 66.4 Å². The third-order valence-corrected chi connectivity index (χ3v) is 5.90. The van der Waals surface area contributed by atoms with Gasteiger partial charge in [-0.05, 0) is 47.9 Å². The van der Waals surface area contributed by atoms with Crippen molar-refractivity contribution in [3.05, 3.63) is 94.6 Å². The Morgan fingerprint density at radius 2 is 2.04 bits per heavy atom. The highest BCUT2D eigenvalue weighted by atomic mass is 15.0. The Morgan fingerprint density at radius 3 is 2.81 bits per heavy atom. The minimum absolute atomic E-state index is 0.248. The van der Waals surface area contributed by atoms with Gasteiger partial charge in [0.05, 0.1) is 5.41 Å². The molecular formula is C23H21N3. The smallest absolute Gasteiger partial charge is 0.100 e. The molecule has 1 atom stereocenters. The van der Waals surface area contributed by atoms with Crippen LogP contribution < -0.4 is 5.73 Å².